The smallest absolute Gasteiger partial charge is 0.262 e. The molecule has 0 bridgehead atoms. The summed E-state index contributed by atoms with van der Waals surface area (Å²) in [6.45, 7) is 1.36. The van der Waals surface area contributed by atoms with E-state index >= 15 is 0 Å². The molecular formula is C26H37N3O5. The van der Waals surface area contributed by atoms with Crippen molar-refractivity contribution in [3.05, 3.63) is 29.3 Å². The third kappa shape index (κ3) is 6.88. The van der Waals surface area contributed by atoms with Crippen LogP contribution >= 0.6 is 0 Å². The predicted octanol–water partition coefficient (Wildman–Crippen LogP) is 3.72. The van der Waals surface area contributed by atoms with Gasteiger partial charge in [0.25, 0.3) is 11.8 Å². The van der Waals surface area contributed by atoms with Gasteiger partial charge in [-0.1, -0.05) is 57.8 Å². The molecule has 0 saturated carbocycles. The van der Waals surface area contributed by atoms with Crippen molar-refractivity contribution in [2.45, 2.75) is 89.5 Å². The number of unbranched alkanes of at least 4 members (excludes halogenated alkanes) is 10. The Bertz CT molecular complexity index is 885. The van der Waals surface area contributed by atoms with Gasteiger partial charge in [0.05, 0.1) is 17.7 Å². The molecule has 2 aliphatic rings. The third-order valence-electron chi connectivity index (χ3n) is 6.53. The minimum absolute atomic E-state index is 0.105. The zero-order chi connectivity index (χ0) is 24.3. The molecule has 4 amide bonds. The standard InChI is InChI=1S/C26H37N3O5/c27-16-10-8-6-4-2-1-3-5-7-9-11-17-34-19-12-13-20-21(18-19)26(33)29(25(20)32)22-14-15-23(30)28-24(22)31/h12-13,18,22H,1-11,14-17,27H2,(H,28,30,31). The van der Waals surface area contributed by atoms with Crippen LogP contribution in [0.4, 0.5) is 0 Å². The topological polar surface area (TPSA) is 119 Å². The molecule has 1 saturated heterocycles. The van der Waals surface area contributed by atoms with Crippen LogP contribution in [-0.4, -0.2) is 47.7 Å². The molecule has 0 spiro atoms. The van der Waals surface area contributed by atoms with Crippen LogP contribution in [-0.2, 0) is 9.59 Å². The molecule has 1 atom stereocenters. The van der Waals surface area contributed by atoms with E-state index < -0.39 is 23.8 Å². The van der Waals surface area contributed by atoms with Gasteiger partial charge >= 0.3 is 0 Å². The first-order valence-corrected chi connectivity index (χ1v) is 12.7. The lowest BCUT2D eigenvalue weighted by atomic mass is 10.0. The fourth-order valence-corrected chi connectivity index (χ4v) is 4.57. The maximum Gasteiger partial charge on any atom is 0.262 e. The maximum absolute atomic E-state index is 12.9. The first-order chi connectivity index (χ1) is 16.5. The molecule has 2 aliphatic heterocycles. The zero-order valence-electron chi connectivity index (χ0n) is 20.0. The number of hydrogen-bond acceptors (Lipinski definition) is 6. The quantitative estimate of drug-likeness (QED) is 0.297. The molecule has 2 heterocycles. The van der Waals surface area contributed by atoms with Crippen LogP contribution in [0.2, 0.25) is 0 Å². The second-order valence-corrected chi connectivity index (χ2v) is 9.18. The summed E-state index contributed by atoms with van der Waals surface area (Å²) in [4.78, 5) is 50.1. The summed E-state index contributed by atoms with van der Waals surface area (Å²) in [6.07, 6.45) is 13.6. The highest BCUT2D eigenvalue weighted by Crippen LogP contribution is 2.30. The number of ether oxygens (including phenoxy) is 1. The number of carbonyl (C=O) groups excluding carboxylic acids is 4. The Kier molecular flexibility index (Phi) is 10.1. The molecule has 0 aromatic heterocycles. The van der Waals surface area contributed by atoms with Crippen LogP contribution in [0, 0.1) is 0 Å². The molecule has 186 valence electrons. The minimum Gasteiger partial charge on any atom is -0.494 e. The number of nitrogens with two attached hydrogens (primary N) is 1. The van der Waals surface area contributed by atoms with Gasteiger partial charge in [0.15, 0.2) is 0 Å². The van der Waals surface area contributed by atoms with Gasteiger partial charge in [-0.3, -0.25) is 29.4 Å². The molecule has 3 rings (SSSR count). The van der Waals surface area contributed by atoms with E-state index in [0.717, 1.165) is 30.7 Å². The lowest BCUT2D eigenvalue weighted by Gasteiger charge is -2.27. The van der Waals surface area contributed by atoms with Gasteiger partial charge in [-0.05, 0) is 44.0 Å². The van der Waals surface area contributed by atoms with Crippen LogP contribution in [0.3, 0.4) is 0 Å². The van der Waals surface area contributed by atoms with Gasteiger partial charge in [0.2, 0.25) is 11.8 Å². The van der Waals surface area contributed by atoms with E-state index in [-0.39, 0.29) is 29.9 Å². The van der Waals surface area contributed by atoms with Gasteiger partial charge in [-0.15, -0.1) is 0 Å². The van der Waals surface area contributed by atoms with E-state index in [0.29, 0.717) is 12.4 Å². The maximum atomic E-state index is 12.9. The van der Waals surface area contributed by atoms with E-state index in [1.807, 2.05) is 0 Å². The second kappa shape index (κ2) is 13.2. The van der Waals surface area contributed by atoms with Crippen molar-refractivity contribution >= 4 is 23.6 Å². The van der Waals surface area contributed by atoms with E-state index in [2.05, 4.69) is 5.32 Å². The molecule has 34 heavy (non-hydrogen) atoms. The first kappa shape index (κ1) is 25.9. The van der Waals surface area contributed by atoms with Gasteiger partial charge in [0, 0.05) is 6.42 Å². The lowest BCUT2D eigenvalue weighted by molar-refractivity contribution is -0.136. The van der Waals surface area contributed by atoms with Crippen molar-refractivity contribution in [2.75, 3.05) is 13.2 Å². The van der Waals surface area contributed by atoms with Gasteiger partial charge in [-0.25, -0.2) is 0 Å². The Morgan fingerprint density at radius 2 is 1.41 bits per heavy atom. The van der Waals surface area contributed by atoms with E-state index in [1.54, 1.807) is 18.2 Å². The normalized spacial score (nSPS) is 17.8. The van der Waals surface area contributed by atoms with Crippen molar-refractivity contribution < 1.29 is 23.9 Å². The molecular weight excluding hydrogens is 434 g/mol. The Balaban J connectivity index is 1.34. The second-order valence-electron chi connectivity index (χ2n) is 9.18. The molecule has 1 aromatic rings. The number of nitrogens with one attached hydrogen (secondary N) is 1. The largest absolute Gasteiger partial charge is 0.494 e. The van der Waals surface area contributed by atoms with Gasteiger partial charge in [0.1, 0.15) is 11.8 Å². The lowest BCUT2D eigenvalue weighted by Crippen LogP contribution is -2.54. The van der Waals surface area contributed by atoms with E-state index in [1.165, 1.54) is 51.4 Å². The van der Waals surface area contributed by atoms with Crippen molar-refractivity contribution in [3.8, 4) is 5.75 Å². The SMILES string of the molecule is NCCCCCCCCCCCCCOc1ccc2c(c1)C(=O)N(C1CCC(=O)NC1=O)C2=O. The number of piperidine rings is 1. The number of carbonyl (C=O) groups is 4. The van der Waals surface area contributed by atoms with Crippen molar-refractivity contribution in [1.29, 1.82) is 0 Å². The molecule has 1 aromatic carbocycles. The highest BCUT2D eigenvalue weighted by molar-refractivity contribution is 6.23. The molecule has 0 aliphatic carbocycles. The highest BCUT2D eigenvalue weighted by atomic mass is 16.5. The predicted molar refractivity (Wildman–Crippen MR) is 128 cm³/mol. The number of fused-ring (bicyclic) bond motifs is 1. The molecule has 1 fully saturated rings. The zero-order valence-corrected chi connectivity index (χ0v) is 20.0. The third-order valence-corrected chi connectivity index (χ3v) is 6.53. The number of benzene rings is 1. The van der Waals surface area contributed by atoms with Gasteiger partial charge in [-0.2, -0.15) is 0 Å². The fourth-order valence-electron chi connectivity index (χ4n) is 4.57. The number of nitrogens with zero attached hydrogens (tertiary/aromatic N) is 1. The van der Waals surface area contributed by atoms with Crippen LogP contribution in [0.25, 0.3) is 0 Å². The molecule has 1 unspecified atom stereocenters. The van der Waals surface area contributed by atoms with E-state index in [9.17, 15) is 19.2 Å². The Hall–Kier alpha value is -2.74. The van der Waals surface area contributed by atoms with E-state index in [4.69, 9.17) is 10.5 Å². The monoisotopic (exact) mass is 471 g/mol. The average Bonchev–Trinajstić information content (AvgIpc) is 3.06. The number of imide groups is 2. The Labute approximate surface area is 201 Å². The Morgan fingerprint density at radius 1 is 0.824 bits per heavy atom. The minimum atomic E-state index is -0.953. The summed E-state index contributed by atoms with van der Waals surface area (Å²) < 4.78 is 5.81. The molecule has 8 heteroatoms. The first-order valence-electron chi connectivity index (χ1n) is 12.7. The summed E-state index contributed by atoms with van der Waals surface area (Å²) in [5.41, 5.74) is 6.02. The Morgan fingerprint density at radius 3 is 2.03 bits per heavy atom. The van der Waals surface area contributed by atoms with Gasteiger partial charge < -0.3 is 10.5 Å². The van der Waals surface area contributed by atoms with Crippen molar-refractivity contribution in [2.24, 2.45) is 5.73 Å². The molecule has 0 radical (unpaired) electrons. The summed E-state index contributed by atoms with van der Waals surface area (Å²) in [5.74, 6) is -1.47. The summed E-state index contributed by atoms with van der Waals surface area (Å²) in [5, 5.41) is 2.20. The summed E-state index contributed by atoms with van der Waals surface area (Å²) >= 11 is 0. The highest BCUT2D eigenvalue weighted by Gasteiger charge is 2.44. The molecule has 3 N–H and O–H groups in total. The fraction of sp³-hybridized carbons (Fsp3) is 0.615. The van der Waals surface area contributed by atoms with Crippen LogP contribution in [0.1, 0.15) is 104 Å². The van der Waals surface area contributed by atoms with Crippen molar-refractivity contribution in [3.63, 3.8) is 0 Å². The summed E-state index contributed by atoms with van der Waals surface area (Å²) in [7, 11) is 0. The van der Waals surface area contributed by atoms with Crippen LogP contribution in [0.15, 0.2) is 18.2 Å². The number of amides is 4. The van der Waals surface area contributed by atoms with Crippen LogP contribution < -0.4 is 15.8 Å². The molecule has 8 nitrogen and oxygen atoms in total. The number of hydrogen-bond donors (Lipinski definition) is 2. The van der Waals surface area contributed by atoms with Crippen LogP contribution in [0.5, 0.6) is 5.75 Å². The summed E-state index contributed by atoms with van der Waals surface area (Å²) in [6, 6.07) is 3.89. The average molecular weight is 472 g/mol. The van der Waals surface area contributed by atoms with Crippen molar-refractivity contribution in [1.82, 2.24) is 10.2 Å². The number of rotatable bonds is 15.